The van der Waals surface area contributed by atoms with E-state index in [1.165, 1.54) is 13.2 Å². The first-order valence-electron chi connectivity index (χ1n) is 9.15. The lowest BCUT2D eigenvalue weighted by Crippen LogP contribution is -2.02. The second kappa shape index (κ2) is 11.5. The lowest BCUT2D eigenvalue weighted by atomic mass is 10.1. The van der Waals surface area contributed by atoms with E-state index in [0.717, 1.165) is 19.3 Å². The third-order valence-electron chi connectivity index (χ3n) is 4.05. The van der Waals surface area contributed by atoms with Crippen LogP contribution in [0.15, 0.2) is 48.7 Å². The van der Waals surface area contributed by atoms with Gasteiger partial charge < -0.3 is 14.2 Å². The number of methoxy groups -OCH3 is 2. The standard InChI is InChI=1S/C22H25NO5/c1-26-21-16-23-18(12-13-19(24)17-9-5-3-6-10-17)15-20(21)28-14-8-4-7-11-22(25)27-2/h3,5-6,9-10,12-13,15-16H,4,7-8,11,14H2,1-2H3/b13-12+. The monoisotopic (exact) mass is 383 g/mol. The van der Waals surface area contributed by atoms with Gasteiger partial charge in [0.1, 0.15) is 0 Å². The zero-order valence-electron chi connectivity index (χ0n) is 16.2. The second-order valence-electron chi connectivity index (χ2n) is 6.06. The van der Waals surface area contributed by atoms with Crippen molar-refractivity contribution < 1.29 is 23.8 Å². The van der Waals surface area contributed by atoms with Crippen molar-refractivity contribution in [2.75, 3.05) is 20.8 Å². The Labute approximate surface area is 165 Å². The SMILES string of the molecule is COC(=O)CCCCCOc1cc(/C=C/C(=O)c2ccccc2)ncc1OC. The van der Waals surface area contributed by atoms with Crippen molar-refractivity contribution in [2.24, 2.45) is 0 Å². The van der Waals surface area contributed by atoms with E-state index in [1.807, 2.05) is 18.2 Å². The van der Waals surface area contributed by atoms with Gasteiger partial charge in [0.2, 0.25) is 0 Å². The summed E-state index contributed by atoms with van der Waals surface area (Å²) in [6, 6.07) is 10.8. The highest BCUT2D eigenvalue weighted by molar-refractivity contribution is 6.06. The van der Waals surface area contributed by atoms with Gasteiger partial charge in [0.05, 0.1) is 32.7 Å². The summed E-state index contributed by atoms with van der Waals surface area (Å²) in [7, 11) is 2.94. The molecule has 6 nitrogen and oxygen atoms in total. The molecule has 0 unspecified atom stereocenters. The van der Waals surface area contributed by atoms with Crippen molar-refractivity contribution in [3.63, 3.8) is 0 Å². The first kappa shape index (κ1) is 21.2. The number of ketones is 1. The number of carbonyl (C=O) groups excluding carboxylic acids is 2. The molecule has 0 saturated carbocycles. The predicted molar refractivity (Wildman–Crippen MR) is 107 cm³/mol. The molecule has 0 amide bonds. The quantitative estimate of drug-likeness (QED) is 0.252. The molecule has 0 aliphatic carbocycles. The number of esters is 1. The Bertz CT molecular complexity index is 802. The Morgan fingerprint density at radius 1 is 1.04 bits per heavy atom. The zero-order valence-corrected chi connectivity index (χ0v) is 16.2. The van der Waals surface area contributed by atoms with Crippen molar-refractivity contribution in [3.8, 4) is 11.5 Å². The Morgan fingerprint density at radius 3 is 2.54 bits per heavy atom. The molecular formula is C22H25NO5. The fraction of sp³-hybridized carbons (Fsp3) is 0.318. The first-order chi connectivity index (χ1) is 13.6. The molecule has 0 fully saturated rings. The molecule has 28 heavy (non-hydrogen) atoms. The number of pyridine rings is 1. The van der Waals surface area contributed by atoms with Gasteiger partial charge in [-0.05, 0) is 31.4 Å². The number of ether oxygens (including phenoxy) is 3. The van der Waals surface area contributed by atoms with E-state index >= 15 is 0 Å². The summed E-state index contributed by atoms with van der Waals surface area (Å²) in [5, 5.41) is 0. The van der Waals surface area contributed by atoms with Gasteiger partial charge in [-0.1, -0.05) is 30.3 Å². The molecular weight excluding hydrogens is 358 g/mol. The number of benzene rings is 1. The van der Waals surface area contributed by atoms with Gasteiger partial charge in [0.25, 0.3) is 0 Å². The summed E-state index contributed by atoms with van der Waals surface area (Å²) >= 11 is 0. The fourth-order valence-electron chi connectivity index (χ4n) is 2.49. The van der Waals surface area contributed by atoms with Crippen LogP contribution in [0.3, 0.4) is 0 Å². The molecule has 148 valence electrons. The Balaban J connectivity index is 1.91. The molecule has 0 N–H and O–H groups in total. The summed E-state index contributed by atoms with van der Waals surface area (Å²) in [4.78, 5) is 27.5. The third-order valence-corrected chi connectivity index (χ3v) is 4.05. The van der Waals surface area contributed by atoms with Crippen LogP contribution in [0, 0.1) is 0 Å². The predicted octanol–water partition coefficient (Wildman–Crippen LogP) is 4.10. The second-order valence-corrected chi connectivity index (χ2v) is 6.06. The molecule has 6 heteroatoms. The molecule has 2 aromatic rings. The fourth-order valence-corrected chi connectivity index (χ4v) is 2.49. The summed E-state index contributed by atoms with van der Waals surface area (Å²) < 4.78 is 15.7. The van der Waals surface area contributed by atoms with Crippen molar-refractivity contribution in [3.05, 3.63) is 59.9 Å². The lowest BCUT2D eigenvalue weighted by Gasteiger charge is -2.11. The van der Waals surface area contributed by atoms with Gasteiger partial charge in [-0.2, -0.15) is 0 Å². The Kier molecular flexibility index (Phi) is 8.72. The van der Waals surface area contributed by atoms with E-state index in [4.69, 9.17) is 9.47 Å². The average Bonchev–Trinajstić information content (AvgIpc) is 2.74. The smallest absolute Gasteiger partial charge is 0.305 e. The van der Waals surface area contributed by atoms with Gasteiger partial charge >= 0.3 is 5.97 Å². The highest BCUT2D eigenvalue weighted by Crippen LogP contribution is 2.27. The van der Waals surface area contributed by atoms with E-state index in [1.54, 1.807) is 37.6 Å². The van der Waals surface area contributed by atoms with E-state index in [2.05, 4.69) is 9.72 Å². The van der Waals surface area contributed by atoms with Crippen LogP contribution >= 0.6 is 0 Å². The minimum absolute atomic E-state index is 0.0914. The van der Waals surface area contributed by atoms with Crippen LogP contribution in [-0.2, 0) is 9.53 Å². The zero-order chi connectivity index (χ0) is 20.2. The number of hydrogen-bond acceptors (Lipinski definition) is 6. The van der Waals surface area contributed by atoms with Crippen molar-refractivity contribution >= 4 is 17.8 Å². The van der Waals surface area contributed by atoms with Gasteiger partial charge in [0.15, 0.2) is 17.3 Å². The molecule has 1 heterocycles. The van der Waals surface area contributed by atoms with Crippen LogP contribution in [0.2, 0.25) is 0 Å². The molecule has 0 saturated heterocycles. The normalized spacial score (nSPS) is 10.6. The highest BCUT2D eigenvalue weighted by atomic mass is 16.5. The van der Waals surface area contributed by atoms with Crippen LogP contribution in [0.1, 0.15) is 41.7 Å². The van der Waals surface area contributed by atoms with Gasteiger partial charge in [-0.15, -0.1) is 0 Å². The largest absolute Gasteiger partial charge is 0.491 e. The molecule has 1 aromatic heterocycles. The minimum Gasteiger partial charge on any atom is -0.491 e. The maximum absolute atomic E-state index is 12.2. The van der Waals surface area contributed by atoms with Crippen LogP contribution < -0.4 is 9.47 Å². The van der Waals surface area contributed by atoms with Gasteiger partial charge in [-0.3, -0.25) is 14.6 Å². The minimum atomic E-state index is -0.196. The van der Waals surface area contributed by atoms with Crippen molar-refractivity contribution in [1.29, 1.82) is 0 Å². The highest BCUT2D eigenvalue weighted by Gasteiger charge is 2.07. The van der Waals surface area contributed by atoms with E-state index in [-0.39, 0.29) is 11.8 Å². The summed E-state index contributed by atoms with van der Waals surface area (Å²) in [6.07, 6.45) is 7.55. The molecule has 0 atom stereocenters. The molecule has 0 aliphatic heterocycles. The summed E-state index contributed by atoms with van der Waals surface area (Å²) in [5.41, 5.74) is 1.22. The Morgan fingerprint density at radius 2 is 1.82 bits per heavy atom. The summed E-state index contributed by atoms with van der Waals surface area (Å²) in [5.74, 6) is 0.808. The topological polar surface area (TPSA) is 74.7 Å². The molecule has 2 rings (SSSR count). The van der Waals surface area contributed by atoms with E-state index < -0.39 is 0 Å². The number of unbranched alkanes of at least 4 members (excludes halogenated alkanes) is 2. The molecule has 0 bridgehead atoms. The van der Waals surface area contributed by atoms with Crippen LogP contribution in [0.5, 0.6) is 11.5 Å². The van der Waals surface area contributed by atoms with Crippen LogP contribution in [0.4, 0.5) is 0 Å². The van der Waals surface area contributed by atoms with E-state index in [0.29, 0.717) is 35.8 Å². The van der Waals surface area contributed by atoms with Crippen LogP contribution in [-0.4, -0.2) is 37.6 Å². The summed E-state index contributed by atoms with van der Waals surface area (Å²) in [6.45, 7) is 0.494. The molecule has 0 radical (unpaired) electrons. The first-order valence-corrected chi connectivity index (χ1v) is 9.15. The lowest BCUT2D eigenvalue weighted by molar-refractivity contribution is -0.140. The number of nitrogens with zero attached hydrogens (tertiary/aromatic N) is 1. The maximum atomic E-state index is 12.2. The number of hydrogen-bond donors (Lipinski definition) is 0. The number of rotatable bonds is 11. The average molecular weight is 383 g/mol. The number of aromatic nitrogens is 1. The molecule has 0 aliphatic rings. The number of allylic oxidation sites excluding steroid dienone is 1. The Hall–Kier alpha value is -3.15. The number of carbonyl (C=O) groups is 2. The van der Waals surface area contributed by atoms with Gasteiger partial charge in [-0.25, -0.2) is 0 Å². The maximum Gasteiger partial charge on any atom is 0.305 e. The van der Waals surface area contributed by atoms with E-state index in [9.17, 15) is 9.59 Å². The van der Waals surface area contributed by atoms with Crippen molar-refractivity contribution in [2.45, 2.75) is 25.7 Å². The van der Waals surface area contributed by atoms with Crippen molar-refractivity contribution in [1.82, 2.24) is 4.98 Å². The molecule has 0 spiro atoms. The van der Waals surface area contributed by atoms with Gasteiger partial charge in [0, 0.05) is 18.1 Å². The molecule has 1 aromatic carbocycles. The third kappa shape index (κ3) is 6.87. The van der Waals surface area contributed by atoms with Crippen LogP contribution in [0.25, 0.3) is 6.08 Å².